The summed E-state index contributed by atoms with van der Waals surface area (Å²) in [4.78, 5) is 14.3. The van der Waals surface area contributed by atoms with Crippen LogP contribution in [0.1, 0.15) is 12.8 Å². The number of nitrogens with one attached hydrogen (secondary N) is 3. The first-order valence-corrected chi connectivity index (χ1v) is 8.98. The fraction of sp³-hybridized carbons (Fsp3) is 0.533. The van der Waals surface area contributed by atoms with Gasteiger partial charge in [0.05, 0.1) is 4.92 Å². The molecule has 0 saturated carbocycles. The molecule has 8 heteroatoms. The molecule has 0 radical (unpaired) electrons. The molecule has 7 nitrogen and oxygen atoms in total. The fourth-order valence-electron chi connectivity index (χ4n) is 1.89. The van der Waals surface area contributed by atoms with E-state index in [1.165, 1.54) is 24.3 Å². The van der Waals surface area contributed by atoms with Gasteiger partial charge in [-0.2, -0.15) is 11.8 Å². The molecule has 1 rings (SSSR count). The molecule has 0 unspecified atom stereocenters. The van der Waals surface area contributed by atoms with Gasteiger partial charge in [-0.25, -0.2) is 0 Å². The zero-order valence-electron chi connectivity index (χ0n) is 13.7. The van der Waals surface area contributed by atoms with Crippen molar-refractivity contribution in [3.63, 3.8) is 0 Å². The van der Waals surface area contributed by atoms with Gasteiger partial charge in [-0.1, -0.05) is 0 Å². The predicted molar refractivity (Wildman–Crippen MR) is 98.6 cm³/mol. The number of benzene rings is 1. The van der Waals surface area contributed by atoms with E-state index in [2.05, 4.69) is 27.2 Å². The molecule has 0 heterocycles. The first-order chi connectivity index (χ1) is 11.2. The summed E-state index contributed by atoms with van der Waals surface area (Å²) in [6.07, 6.45) is 4.45. The Labute approximate surface area is 141 Å². The molecule has 3 N–H and O–H groups in total. The summed E-state index contributed by atoms with van der Waals surface area (Å²) in [6.45, 7) is 2.32. The normalized spacial score (nSPS) is 11.1. The highest BCUT2D eigenvalue weighted by Crippen LogP contribution is 2.14. The van der Waals surface area contributed by atoms with E-state index in [0.717, 1.165) is 24.6 Å². The molecule has 0 bridgehead atoms. The SMILES string of the molecule is CN=C(NCCCCSC)NCCNc1ccc([N+](=O)[O-])cc1. The van der Waals surface area contributed by atoms with Gasteiger partial charge in [0, 0.05) is 44.5 Å². The second kappa shape index (κ2) is 11.6. The minimum atomic E-state index is -0.403. The van der Waals surface area contributed by atoms with Crippen molar-refractivity contribution in [1.29, 1.82) is 0 Å². The number of hydrogen-bond donors (Lipinski definition) is 3. The number of aliphatic imine (C=N–C) groups is 1. The van der Waals surface area contributed by atoms with E-state index in [9.17, 15) is 10.1 Å². The predicted octanol–water partition coefficient (Wildman–Crippen LogP) is 2.31. The van der Waals surface area contributed by atoms with Gasteiger partial charge in [-0.3, -0.25) is 15.1 Å². The molecule has 0 aliphatic rings. The molecule has 0 fully saturated rings. The maximum absolute atomic E-state index is 10.6. The summed E-state index contributed by atoms with van der Waals surface area (Å²) >= 11 is 1.86. The van der Waals surface area contributed by atoms with Gasteiger partial charge in [-0.15, -0.1) is 0 Å². The number of rotatable bonds is 10. The third-order valence-electron chi connectivity index (χ3n) is 3.12. The maximum atomic E-state index is 10.6. The molecule has 0 aromatic heterocycles. The van der Waals surface area contributed by atoms with E-state index in [1.807, 2.05) is 11.8 Å². The number of anilines is 1. The molecule has 1 aromatic rings. The van der Waals surface area contributed by atoms with E-state index in [1.54, 1.807) is 19.2 Å². The molecule has 0 aliphatic heterocycles. The van der Waals surface area contributed by atoms with Gasteiger partial charge in [0.1, 0.15) is 0 Å². The van der Waals surface area contributed by atoms with Crippen LogP contribution in [0.4, 0.5) is 11.4 Å². The summed E-state index contributed by atoms with van der Waals surface area (Å²) in [6, 6.07) is 6.39. The number of non-ortho nitro benzene ring substituents is 1. The van der Waals surface area contributed by atoms with Gasteiger partial charge >= 0.3 is 0 Å². The summed E-state index contributed by atoms with van der Waals surface area (Å²) < 4.78 is 0. The lowest BCUT2D eigenvalue weighted by Crippen LogP contribution is -2.39. The minimum Gasteiger partial charge on any atom is -0.383 e. The average molecular weight is 339 g/mol. The fourth-order valence-corrected chi connectivity index (χ4v) is 2.38. The van der Waals surface area contributed by atoms with Crippen LogP contribution in [0.25, 0.3) is 0 Å². The number of nitro groups is 1. The molecule has 0 atom stereocenters. The molecule has 0 spiro atoms. The summed E-state index contributed by atoms with van der Waals surface area (Å²) in [7, 11) is 1.75. The average Bonchev–Trinajstić information content (AvgIpc) is 2.57. The standard InChI is InChI=1S/C15H25N5O2S/c1-16-15(18-9-3-4-12-23-2)19-11-10-17-13-5-7-14(8-6-13)20(21)22/h5-8,17H,3-4,9-12H2,1-2H3,(H2,16,18,19). The van der Waals surface area contributed by atoms with Crippen LogP contribution in [0.15, 0.2) is 29.3 Å². The Morgan fingerprint density at radius 1 is 1.17 bits per heavy atom. The number of thioether (sulfide) groups is 1. The van der Waals surface area contributed by atoms with Crippen LogP contribution in [0.3, 0.4) is 0 Å². The molecular formula is C15H25N5O2S. The quantitative estimate of drug-likeness (QED) is 0.199. The third kappa shape index (κ3) is 8.29. The lowest BCUT2D eigenvalue weighted by molar-refractivity contribution is -0.384. The second-order valence-electron chi connectivity index (χ2n) is 4.86. The Morgan fingerprint density at radius 3 is 2.48 bits per heavy atom. The van der Waals surface area contributed by atoms with E-state index < -0.39 is 4.92 Å². The second-order valence-corrected chi connectivity index (χ2v) is 5.84. The monoisotopic (exact) mass is 339 g/mol. The van der Waals surface area contributed by atoms with Gasteiger partial charge in [-0.05, 0) is 37.0 Å². The lowest BCUT2D eigenvalue weighted by atomic mass is 10.3. The van der Waals surface area contributed by atoms with Crippen molar-refractivity contribution in [2.75, 3.05) is 44.0 Å². The van der Waals surface area contributed by atoms with Crippen molar-refractivity contribution in [3.05, 3.63) is 34.4 Å². The Morgan fingerprint density at radius 2 is 1.87 bits per heavy atom. The molecule has 0 amide bonds. The van der Waals surface area contributed by atoms with Crippen LogP contribution >= 0.6 is 11.8 Å². The molecule has 1 aromatic carbocycles. The number of unbranched alkanes of at least 4 members (excludes halogenated alkanes) is 1. The number of guanidine groups is 1. The van der Waals surface area contributed by atoms with Crippen LogP contribution < -0.4 is 16.0 Å². The van der Waals surface area contributed by atoms with Gasteiger partial charge in [0.25, 0.3) is 5.69 Å². The number of nitro benzene ring substituents is 1. The van der Waals surface area contributed by atoms with Crippen LogP contribution in [0.2, 0.25) is 0 Å². The smallest absolute Gasteiger partial charge is 0.269 e. The van der Waals surface area contributed by atoms with Gasteiger partial charge in [0.2, 0.25) is 0 Å². The first-order valence-electron chi connectivity index (χ1n) is 7.59. The Hall–Kier alpha value is -1.96. The maximum Gasteiger partial charge on any atom is 0.269 e. The van der Waals surface area contributed by atoms with Crippen LogP contribution in [0.5, 0.6) is 0 Å². The highest BCUT2D eigenvalue weighted by atomic mass is 32.2. The van der Waals surface area contributed by atoms with Crippen molar-refractivity contribution in [1.82, 2.24) is 10.6 Å². The molecule has 23 heavy (non-hydrogen) atoms. The molecular weight excluding hydrogens is 314 g/mol. The molecule has 0 aliphatic carbocycles. The van der Waals surface area contributed by atoms with Crippen molar-refractivity contribution in [3.8, 4) is 0 Å². The number of hydrogen-bond acceptors (Lipinski definition) is 5. The first kappa shape index (κ1) is 19.1. The minimum absolute atomic E-state index is 0.0970. The molecule has 128 valence electrons. The van der Waals surface area contributed by atoms with Crippen LogP contribution in [0, 0.1) is 10.1 Å². The highest BCUT2D eigenvalue weighted by molar-refractivity contribution is 7.98. The van der Waals surface area contributed by atoms with Gasteiger partial charge in [0.15, 0.2) is 5.96 Å². The summed E-state index contributed by atoms with van der Waals surface area (Å²) in [5.74, 6) is 1.98. The third-order valence-corrected chi connectivity index (χ3v) is 3.81. The van der Waals surface area contributed by atoms with E-state index >= 15 is 0 Å². The molecule has 0 saturated heterocycles. The zero-order valence-corrected chi connectivity index (χ0v) is 14.5. The van der Waals surface area contributed by atoms with E-state index in [-0.39, 0.29) is 5.69 Å². The van der Waals surface area contributed by atoms with Crippen LogP contribution in [-0.4, -0.2) is 49.6 Å². The van der Waals surface area contributed by atoms with Crippen molar-refractivity contribution in [2.24, 2.45) is 4.99 Å². The Balaban J connectivity index is 2.18. The Bertz CT molecular complexity index is 493. The summed E-state index contributed by atoms with van der Waals surface area (Å²) in [5.41, 5.74) is 0.956. The van der Waals surface area contributed by atoms with Gasteiger partial charge < -0.3 is 16.0 Å². The lowest BCUT2D eigenvalue weighted by Gasteiger charge is -2.12. The largest absolute Gasteiger partial charge is 0.383 e. The topological polar surface area (TPSA) is 91.6 Å². The highest BCUT2D eigenvalue weighted by Gasteiger charge is 2.03. The summed E-state index contributed by atoms with van der Waals surface area (Å²) in [5, 5.41) is 20.3. The van der Waals surface area contributed by atoms with Crippen molar-refractivity contribution >= 4 is 29.1 Å². The zero-order chi connectivity index (χ0) is 16.9. The Kier molecular flexibility index (Phi) is 9.62. The number of nitrogens with zero attached hydrogens (tertiary/aromatic N) is 2. The van der Waals surface area contributed by atoms with Crippen LogP contribution in [-0.2, 0) is 0 Å². The van der Waals surface area contributed by atoms with Crippen molar-refractivity contribution < 1.29 is 4.92 Å². The van der Waals surface area contributed by atoms with E-state index in [0.29, 0.717) is 13.1 Å². The van der Waals surface area contributed by atoms with E-state index in [4.69, 9.17) is 0 Å². The van der Waals surface area contributed by atoms with Crippen molar-refractivity contribution in [2.45, 2.75) is 12.8 Å².